The average molecular weight is 475 g/mol. The largest absolute Gasteiger partial charge is 0.486 e. The third-order valence-corrected chi connectivity index (χ3v) is 6.39. The Labute approximate surface area is 200 Å². The highest BCUT2D eigenvalue weighted by Crippen LogP contribution is 2.33. The first-order valence-electron chi connectivity index (χ1n) is 10.8. The monoisotopic (exact) mass is 474 g/mol. The summed E-state index contributed by atoms with van der Waals surface area (Å²) in [6, 6.07) is 16.1. The van der Waals surface area contributed by atoms with Gasteiger partial charge < -0.3 is 14.8 Å². The molecule has 0 bridgehead atoms. The fourth-order valence-electron chi connectivity index (χ4n) is 3.61. The molecule has 2 aromatic carbocycles. The second-order valence-electron chi connectivity index (χ2n) is 7.85. The van der Waals surface area contributed by atoms with Gasteiger partial charge in [0.25, 0.3) is 5.56 Å². The van der Waals surface area contributed by atoms with Gasteiger partial charge in [0.1, 0.15) is 19.0 Å². The maximum Gasteiger partial charge on any atom is 0.267 e. The number of hydrogen-bond donors (Lipinski definition) is 1. The van der Waals surface area contributed by atoms with Crippen LogP contribution in [0.15, 0.2) is 70.7 Å². The number of carbonyl (C=O) groups excluding carboxylic acids is 1. The van der Waals surface area contributed by atoms with Gasteiger partial charge in [-0.3, -0.25) is 9.59 Å². The minimum absolute atomic E-state index is 0.229. The molecule has 0 saturated carbocycles. The molecule has 4 aromatic rings. The summed E-state index contributed by atoms with van der Waals surface area (Å²) >= 11 is 1.20. The summed E-state index contributed by atoms with van der Waals surface area (Å²) in [7, 11) is 0. The number of pyridine rings is 1. The van der Waals surface area contributed by atoms with Crippen molar-refractivity contribution in [3.05, 3.63) is 76.7 Å². The van der Waals surface area contributed by atoms with Crippen LogP contribution in [0.1, 0.15) is 12.5 Å². The van der Waals surface area contributed by atoms with Gasteiger partial charge in [0.05, 0.1) is 16.2 Å². The third-order valence-electron chi connectivity index (χ3n) is 5.34. The molecule has 0 fully saturated rings. The van der Waals surface area contributed by atoms with Crippen molar-refractivity contribution in [2.45, 2.75) is 24.3 Å². The molecule has 0 aliphatic carbocycles. The average Bonchev–Trinajstić information content (AvgIpc) is 2.84. The van der Waals surface area contributed by atoms with E-state index in [2.05, 4.69) is 10.3 Å². The molecule has 1 aliphatic heterocycles. The first-order valence-corrected chi connectivity index (χ1v) is 11.7. The Morgan fingerprint density at radius 1 is 1.09 bits per heavy atom. The Morgan fingerprint density at radius 2 is 1.88 bits per heavy atom. The predicted molar refractivity (Wildman–Crippen MR) is 131 cm³/mol. The number of benzene rings is 2. The molecule has 1 N–H and O–H groups in total. The maximum atomic E-state index is 13.4. The Morgan fingerprint density at radius 3 is 2.71 bits per heavy atom. The van der Waals surface area contributed by atoms with Crippen LogP contribution in [-0.2, 0) is 4.79 Å². The molecule has 9 heteroatoms. The molecule has 172 valence electrons. The summed E-state index contributed by atoms with van der Waals surface area (Å²) in [5, 5.41) is 3.25. The fourth-order valence-corrected chi connectivity index (χ4v) is 4.53. The Bertz CT molecular complexity index is 1450. The van der Waals surface area contributed by atoms with Crippen LogP contribution in [0.2, 0.25) is 0 Å². The Hall–Kier alpha value is -3.85. The van der Waals surface area contributed by atoms with Gasteiger partial charge in [-0.1, -0.05) is 23.9 Å². The zero-order valence-corrected chi connectivity index (χ0v) is 19.5. The number of amides is 1. The lowest BCUT2D eigenvalue weighted by Gasteiger charge is -2.19. The molecule has 1 unspecified atom stereocenters. The quantitative estimate of drug-likeness (QED) is 0.345. The lowest BCUT2D eigenvalue weighted by Crippen LogP contribution is -2.26. The van der Waals surface area contributed by atoms with Gasteiger partial charge in [-0.25, -0.2) is 14.5 Å². The van der Waals surface area contributed by atoms with E-state index in [4.69, 9.17) is 14.5 Å². The van der Waals surface area contributed by atoms with Crippen molar-refractivity contribution in [3.8, 4) is 17.3 Å². The molecule has 8 nitrogen and oxygen atoms in total. The third kappa shape index (κ3) is 4.34. The van der Waals surface area contributed by atoms with E-state index in [1.165, 1.54) is 16.3 Å². The molecule has 1 atom stereocenters. The highest BCUT2D eigenvalue weighted by Gasteiger charge is 2.22. The van der Waals surface area contributed by atoms with Crippen LogP contribution in [0.25, 0.3) is 16.7 Å². The molecule has 1 amide bonds. The number of anilines is 1. The highest BCUT2D eigenvalue weighted by atomic mass is 32.2. The number of carbonyl (C=O) groups is 1. The molecule has 34 heavy (non-hydrogen) atoms. The van der Waals surface area contributed by atoms with Gasteiger partial charge in [0.2, 0.25) is 5.91 Å². The summed E-state index contributed by atoms with van der Waals surface area (Å²) in [4.78, 5) is 35.5. The number of fused-ring (bicyclic) bond motifs is 2. The molecule has 2 aromatic heterocycles. The number of aryl methyl sites for hydroxylation is 1. The second-order valence-corrected chi connectivity index (χ2v) is 9.16. The molecule has 1 aliphatic rings. The number of ether oxygens (including phenoxy) is 2. The minimum Gasteiger partial charge on any atom is -0.486 e. The minimum atomic E-state index is -0.544. The van der Waals surface area contributed by atoms with Crippen molar-refractivity contribution in [2.24, 2.45) is 0 Å². The van der Waals surface area contributed by atoms with Crippen molar-refractivity contribution in [1.82, 2.24) is 14.5 Å². The summed E-state index contributed by atoms with van der Waals surface area (Å²) in [5.74, 6) is 1.49. The van der Waals surface area contributed by atoms with Gasteiger partial charge in [-0.05, 0) is 55.8 Å². The van der Waals surface area contributed by atoms with Crippen LogP contribution in [0, 0.1) is 6.92 Å². The van der Waals surface area contributed by atoms with Crippen molar-refractivity contribution in [2.75, 3.05) is 18.5 Å². The number of hydrogen-bond acceptors (Lipinski definition) is 7. The molecule has 3 heterocycles. The summed E-state index contributed by atoms with van der Waals surface area (Å²) < 4.78 is 12.6. The van der Waals surface area contributed by atoms with Crippen LogP contribution in [-0.4, -0.2) is 38.9 Å². The van der Waals surface area contributed by atoms with Crippen LogP contribution in [0.4, 0.5) is 5.69 Å². The zero-order valence-electron chi connectivity index (χ0n) is 18.6. The van der Waals surface area contributed by atoms with E-state index in [9.17, 15) is 9.59 Å². The van der Waals surface area contributed by atoms with Crippen molar-refractivity contribution < 1.29 is 14.3 Å². The number of rotatable bonds is 5. The fraction of sp³-hybridized carbons (Fsp3) is 0.200. The molecule has 0 radical (unpaired) electrons. The molecule has 5 rings (SSSR count). The van der Waals surface area contributed by atoms with Gasteiger partial charge >= 0.3 is 0 Å². The lowest BCUT2D eigenvalue weighted by atomic mass is 10.2. The first kappa shape index (κ1) is 22.0. The Balaban J connectivity index is 1.46. The highest BCUT2D eigenvalue weighted by molar-refractivity contribution is 8.00. The van der Waals surface area contributed by atoms with Crippen LogP contribution >= 0.6 is 11.8 Å². The zero-order chi connectivity index (χ0) is 23.7. The van der Waals surface area contributed by atoms with E-state index in [1.54, 1.807) is 49.5 Å². The molecule has 0 saturated heterocycles. The van der Waals surface area contributed by atoms with Crippen molar-refractivity contribution >= 4 is 34.3 Å². The predicted octanol–water partition coefficient (Wildman–Crippen LogP) is 3.98. The first-order chi connectivity index (χ1) is 16.5. The van der Waals surface area contributed by atoms with Gasteiger partial charge in [0, 0.05) is 18.0 Å². The van der Waals surface area contributed by atoms with Gasteiger partial charge in [0.15, 0.2) is 16.7 Å². The van der Waals surface area contributed by atoms with E-state index in [0.717, 1.165) is 5.56 Å². The maximum absolute atomic E-state index is 13.4. The number of nitrogens with one attached hydrogen (secondary N) is 1. The van der Waals surface area contributed by atoms with Crippen LogP contribution < -0.4 is 20.3 Å². The number of nitrogens with zero attached hydrogens (tertiary/aromatic N) is 3. The summed E-state index contributed by atoms with van der Waals surface area (Å²) in [5.41, 5.74) is 1.90. The van der Waals surface area contributed by atoms with E-state index in [-0.39, 0.29) is 11.5 Å². The topological polar surface area (TPSA) is 95.3 Å². The SMILES string of the molecule is Cc1ccnc(-n2c(SC(C)C(=O)Nc3ccc4c(c3)OCCO4)nc3ccccc3c2=O)c1. The van der Waals surface area contributed by atoms with Crippen LogP contribution in [0.5, 0.6) is 11.5 Å². The second kappa shape index (κ2) is 9.18. The number of thioether (sulfide) groups is 1. The van der Waals surface area contributed by atoms with E-state index in [1.807, 2.05) is 25.1 Å². The normalized spacial score (nSPS) is 13.5. The van der Waals surface area contributed by atoms with Crippen molar-refractivity contribution in [3.63, 3.8) is 0 Å². The van der Waals surface area contributed by atoms with Gasteiger partial charge in [-0.2, -0.15) is 0 Å². The van der Waals surface area contributed by atoms with E-state index < -0.39 is 5.25 Å². The summed E-state index contributed by atoms with van der Waals surface area (Å²) in [6.07, 6.45) is 1.65. The van der Waals surface area contributed by atoms with E-state index in [0.29, 0.717) is 52.3 Å². The van der Waals surface area contributed by atoms with Crippen LogP contribution in [0.3, 0.4) is 0 Å². The molecule has 0 spiro atoms. The molecular formula is C25H22N4O4S. The Kier molecular flexibility index (Phi) is 5.93. The number of para-hydroxylation sites is 1. The van der Waals surface area contributed by atoms with Crippen molar-refractivity contribution in [1.29, 1.82) is 0 Å². The van der Waals surface area contributed by atoms with Gasteiger partial charge in [-0.15, -0.1) is 0 Å². The lowest BCUT2D eigenvalue weighted by molar-refractivity contribution is -0.115. The molecular weight excluding hydrogens is 452 g/mol. The number of aromatic nitrogens is 3. The standard InChI is InChI=1S/C25H22N4O4S/c1-15-9-10-26-22(13-15)29-24(31)18-5-3-4-6-19(18)28-25(29)34-16(2)23(30)27-17-7-8-20-21(14-17)33-12-11-32-20/h3-10,13-14,16H,11-12H2,1-2H3,(H,27,30). The smallest absolute Gasteiger partial charge is 0.267 e. The van der Waals surface area contributed by atoms with E-state index >= 15 is 0 Å². The summed E-state index contributed by atoms with van der Waals surface area (Å²) in [6.45, 7) is 4.67.